The number of rotatable bonds is 3. The summed E-state index contributed by atoms with van der Waals surface area (Å²) in [4.78, 5) is 17.8. The van der Waals surface area contributed by atoms with E-state index in [9.17, 15) is 4.79 Å². The Hall–Kier alpha value is -1.38. The Balaban J connectivity index is 2.62. The standard InChI is InChI=1S/C9H12N2O/c1-7(2)3-4-9(12)8-5-10-6-11-8/h3-7H,1-2H3,(H,10,11)/b4-3+. The van der Waals surface area contributed by atoms with Crippen molar-refractivity contribution in [3.8, 4) is 0 Å². The van der Waals surface area contributed by atoms with E-state index in [1.807, 2.05) is 19.9 Å². The zero-order chi connectivity index (χ0) is 8.97. The number of imidazole rings is 1. The molecule has 3 heteroatoms. The highest BCUT2D eigenvalue weighted by Gasteiger charge is 2.01. The lowest BCUT2D eigenvalue weighted by Gasteiger charge is -1.92. The first kappa shape index (κ1) is 8.71. The van der Waals surface area contributed by atoms with E-state index in [-0.39, 0.29) is 5.78 Å². The lowest BCUT2D eigenvalue weighted by Crippen LogP contribution is -1.94. The summed E-state index contributed by atoms with van der Waals surface area (Å²) in [6, 6.07) is 0. The fourth-order valence-corrected chi connectivity index (χ4v) is 0.760. The average Bonchev–Trinajstić information content (AvgIpc) is 2.51. The van der Waals surface area contributed by atoms with Gasteiger partial charge in [-0.3, -0.25) is 4.79 Å². The SMILES string of the molecule is CC(C)/C=C/C(=O)c1cnc[nH]1. The number of carbonyl (C=O) groups is 1. The predicted octanol–water partition coefficient (Wildman–Crippen LogP) is 1.80. The van der Waals surface area contributed by atoms with Crippen LogP contribution in [0.3, 0.4) is 0 Å². The van der Waals surface area contributed by atoms with Crippen molar-refractivity contribution in [1.82, 2.24) is 9.97 Å². The second-order valence-corrected chi connectivity index (χ2v) is 2.93. The van der Waals surface area contributed by atoms with Gasteiger partial charge in [0.2, 0.25) is 5.78 Å². The van der Waals surface area contributed by atoms with Crippen molar-refractivity contribution in [3.63, 3.8) is 0 Å². The zero-order valence-electron chi connectivity index (χ0n) is 7.24. The first-order valence-electron chi connectivity index (χ1n) is 3.91. The lowest BCUT2D eigenvalue weighted by atomic mass is 10.2. The maximum absolute atomic E-state index is 11.3. The van der Waals surface area contributed by atoms with Gasteiger partial charge >= 0.3 is 0 Å². The molecular weight excluding hydrogens is 152 g/mol. The second-order valence-electron chi connectivity index (χ2n) is 2.93. The van der Waals surface area contributed by atoms with Gasteiger partial charge in [-0.25, -0.2) is 4.98 Å². The predicted molar refractivity (Wildman–Crippen MR) is 46.9 cm³/mol. The van der Waals surface area contributed by atoms with Crippen molar-refractivity contribution < 1.29 is 4.79 Å². The number of allylic oxidation sites excluding steroid dienone is 2. The van der Waals surface area contributed by atoms with Crippen LogP contribution in [0.15, 0.2) is 24.7 Å². The second kappa shape index (κ2) is 3.85. The molecule has 1 N–H and O–H groups in total. The largest absolute Gasteiger partial charge is 0.342 e. The summed E-state index contributed by atoms with van der Waals surface area (Å²) in [5, 5.41) is 0. The smallest absolute Gasteiger partial charge is 0.203 e. The Kier molecular flexibility index (Phi) is 2.80. The minimum atomic E-state index is -0.0267. The third kappa shape index (κ3) is 2.34. The molecule has 0 radical (unpaired) electrons. The zero-order valence-corrected chi connectivity index (χ0v) is 7.24. The molecule has 0 unspecified atom stereocenters. The van der Waals surface area contributed by atoms with E-state index in [4.69, 9.17) is 0 Å². The third-order valence-corrected chi connectivity index (χ3v) is 1.40. The summed E-state index contributed by atoms with van der Waals surface area (Å²) in [7, 11) is 0. The van der Waals surface area contributed by atoms with Crippen molar-refractivity contribution in [3.05, 3.63) is 30.4 Å². The van der Waals surface area contributed by atoms with Crippen molar-refractivity contribution in [2.24, 2.45) is 5.92 Å². The van der Waals surface area contributed by atoms with Gasteiger partial charge in [-0.15, -0.1) is 0 Å². The Morgan fingerprint density at radius 2 is 2.42 bits per heavy atom. The van der Waals surface area contributed by atoms with Crippen LogP contribution in [-0.2, 0) is 0 Å². The van der Waals surface area contributed by atoms with Gasteiger partial charge in [0.15, 0.2) is 0 Å². The van der Waals surface area contributed by atoms with Gasteiger partial charge in [0.25, 0.3) is 0 Å². The van der Waals surface area contributed by atoms with Crippen molar-refractivity contribution in [1.29, 1.82) is 0 Å². The first-order valence-corrected chi connectivity index (χ1v) is 3.91. The van der Waals surface area contributed by atoms with E-state index in [1.165, 1.54) is 12.5 Å². The lowest BCUT2D eigenvalue weighted by molar-refractivity contribution is 0.104. The topological polar surface area (TPSA) is 45.8 Å². The Bertz CT molecular complexity index is 273. The molecule has 0 aliphatic heterocycles. The maximum atomic E-state index is 11.3. The first-order chi connectivity index (χ1) is 5.70. The Morgan fingerprint density at radius 3 is 2.92 bits per heavy atom. The molecule has 1 aromatic heterocycles. The molecule has 0 amide bonds. The number of nitrogens with zero attached hydrogens (tertiary/aromatic N) is 1. The number of H-pyrrole nitrogens is 1. The minimum absolute atomic E-state index is 0.0267. The van der Waals surface area contributed by atoms with Crippen molar-refractivity contribution in [2.75, 3.05) is 0 Å². The quantitative estimate of drug-likeness (QED) is 0.547. The number of aromatic amines is 1. The summed E-state index contributed by atoms with van der Waals surface area (Å²) >= 11 is 0. The van der Waals surface area contributed by atoms with Gasteiger partial charge in [-0.1, -0.05) is 19.9 Å². The molecule has 12 heavy (non-hydrogen) atoms. The number of carbonyl (C=O) groups excluding carboxylic acids is 1. The van der Waals surface area contributed by atoms with Crippen LogP contribution in [0.1, 0.15) is 24.3 Å². The number of hydrogen-bond acceptors (Lipinski definition) is 2. The van der Waals surface area contributed by atoms with E-state index < -0.39 is 0 Å². The highest BCUT2D eigenvalue weighted by atomic mass is 16.1. The molecule has 0 bridgehead atoms. The fourth-order valence-electron chi connectivity index (χ4n) is 0.760. The van der Waals surface area contributed by atoms with Gasteiger partial charge in [0.05, 0.1) is 12.5 Å². The highest BCUT2D eigenvalue weighted by molar-refractivity contribution is 6.02. The molecule has 0 atom stereocenters. The van der Waals surface area contributed by atoms with E-state index in [1.54, 1.807) is 6.08 Å². The van der Waals surface area contributed by atoms with Crippen LogP contribution >= 0.6 is 0 Å². The minimum Gasteiger partial charge on any atom is -0.342 e. The molecule has 0 aromatic carbocycles. The molecule has 0 saturated carbocycles. The monoisotopic (exact) mass is 164 g/mol. The normalized spacial score (nSPS) is 11.2. The highest BCUT2D eigenvalue weighted by Crippen LogP contribution is 1.98. The van der Waals surface area contributed by atoms with E-state index in [2.05, 4.69) is 9.97 Å². The van der Waals surface area contributed by atoms with Gasteiger partial charge in [0.1, 0.15) is 5.69 Å². The molecule has 0 aliphatic carbocycles. The maximum Gasteiger partial charge on any atom is 0.203 e. The van der Waals surface area contributed by atoms with Crippen LogP contribution in [0.25, 0.3) is 0 Å². The molecule has 1 rings (SSSR count). The van der Waals surface area contributed by atoms with Gasteiger partial charge in [-0.05, 0) is 12.0 Å². The summed E-state index contributed by atoms with van der Waals surface area (Å²) in [6.07, 6.45) is 6.45. The van der Waals surface area contributed by atoms with Gasteiger partial charge < -0.3 is 4.98 Å². The van der Waals surface area contributed by atoms with Crippen molar-refractivity contribution in [2.45, 2.75) is 13.8 Å². The summed E-state index contributed by atoms with van der Waals surface area (Å²) in [5.41, 5.74) is 0.534. The molecule has 0 spiro atoms. The molecule has 1 heterocycles. The number of ketones is 1. The molecule has 0 fully saturated rings. The fraction of sp³-hybridized carbons (Fsp3) is 0.333. The number of nitrogens with one attached hydrogen (secondary N) is 1. The molecule has 3 nitrogen and oxygen atoms in total. The molecule has 1 aromatic rings. The van der Waals surface area contributed by atoms with Crippen LogP contribution in [-0.4, -0.2) is 15.8 Å². The van der Waals surface area contributed by atoms with Crippen LogP contribution in [0.4, 0.5) is 0 Å². The van der Waals surface area contributed by atoms with Crippen LogP contribution < -0.4 is 0 Å². The van der Waals surface area contributed by atoms with Crippen LogP contribution in [0, 0.1) is 5.92 Å². The Labute approximate surface area is 71.5 Å². The average molecular weight is 164 g/mol. The number of hydrogen-bond donors (Lipinski definition) is 1. The van der Waals surface area contributed by atoms with Crippen LogP contribution in [0.2, 0.25) is 0 Å². The van der Waals surface area contributed by atoms with E-state index >= 15 is 0 Å². The molecule has 0 saturated heterocycles. The summed E-state index contributed by atoms with van der Waals surface area (Å²) in [6.45, 7) is 4.05. The van der Waals surface area contributed by atoms with E-state index in [0.717, 1.165) is 0 Å². The van der Waals surface area contributed by atoms with Gasteiger partial charge in [-0.2, -0.15) is 0 Å². The molecular formula is C9H12N2O. The van der Waals surface area contributed by atoms with E-state index in [0.29, 0.717) is 11.6 Å². The summed E-state index contributed by atoms with van der Waals surface area (Å²) < 4.78 is 0. The van der Waals surface area contributed by atoms with Crippen molar-refractivity contribution >= 4 is 5.78 Å². The van der Waals surface area contributed by atoms with Gasteiger partial charge in [0, 0.05) is 0 Å². The molecule has 0 aliphatic rings. The summed E-state index contributed by atoms with van der Waals surface area (Å²) in [5.74, 6) is 0.373. The number of aromatic nitrogens is 2. The third-order valence-electron chi connectivity index (χ3n) is 1.40. The van der Waals surface area contributed by atoms with Crippen LogP contribution in [0.5, 0.6) is 0 Å². The Morgan fingerprint density at radius 1 is 1.67 bits per heavy atom. The molecule has 64 valence electrons.